The quantitative estimate of drug-likeness (QED) is 0.768. The molecule has 2 aliphatic rings. The van der Waals surface area contributed by atoms with Crippen LogP contribution in [0.4, 0.5) is 0 Å². The van der Waals surface area contributed by atoms with Crippen LogP contribution in [0.5, 0.6) is 0 Å². The highest BCUT2D eigenvalue weighted by Crippen LogP contribution is 2.30. The molecule has 96 valence electrons. The standard InChI is InChI=1S/C11H15N5O2/c1-15-6-9(13-14-15)11(18)12-7-4-10(17)16(5-7)8-2-3-8/h6-8H,2-5H2,1H3,(H,12,18)/t7-/m0/s1. The van der Waals surface area contributed by atoms with Crippen LogP contribution in [0.15, 0.2) is 6.20 Å². The average Bonchev–Trinajstić information content (AvgIpc) is 2.97. The van der Waals surface area contributed by atoms with E-state index in [-0.39, 0.29) is 23.6 Å². The van der Waals surface area contributed by atoms with E-state index < -0.39 is 0 Å². The fraction of sp³-hybridized carbons (Fsp3) is 0.636. The molecule has 1 N–H and O–H groups in total. The van der Waals surface area contributed by atoms with Gasteiger partial charge in [-0.1, -0.05) is 5.21 Å². The van der Waals surface area contributed by atoms with Crippen molar-refractivity contribution in [1.82, 2.24) is 25.2 Å². The van der Waals surface area contributed by atoms with Gasteiger partial charge in [0.15, 0.2) is 5.69 Å². The molecule has 0 bridgehead atoms. The zero-order valence-electron chi connectivity index (χ0n) is 10.2. The predicted molar refractivity (Wildman–Crippen MR) is 61.6 cm³/mol. The number of nitrogens with zero attached hydrogens (tertiary/aromatic N) is 4. The first-order valence-electron chi connectivity index (χ1n) is 6.10. The van der Waals surface area contributed by atoms with Crippen LogP contribution >= 0.6 is 0 Å². The van der Waals surface area contributed by atoms with Gasteiger partial charge in [-0.15, -0.1) is 5.10 Å². The van der Waals surface area contributed by atoms with Gasteiger partial charge in [-0.25, -0.2) is 0 Å². The number of hydrogen-bond acceptors (Lipinski definition) is 4. The molecule has 7 heteroatoms. The lowest BCUT2D eigenvalue weighted by atomic mass is 10.2. The molecule has 1 atom stereocenters. The second-order valence-electron chi connectivity index (χ2n) is 4.93. The molecule has 0 spiro atoms. The molecule has 0 aromatic carbocycles. The number of aromatic nitrogens is 3. The maximum atomic E-state index is 11.9. The lowest BCUT2D eigenvalue weighted by Crippen LogP contribution is -2.37. The lowest BCUT2D eigenvalue weighted by molar-refractivity contribution is -0.128. The van der Waals surface area contributed by atoms with Crippen molar-refractivity contribution in [2.45, 2.75) is 31.3 Å². The van der Waals surface area contributed by atoms with Crippen LogP contribution in [0.1, 0.15) is 29.8 Å². The Labute approximate surface area is 104 Å². The Bertz CT molecular complexity index is 493. The molecule has 1 aromatic heterocycles. The third-order valence-corrected chi connectivity index (χ3v) is 3.32. The summed E-state index contributed by atoms with van der Waals surface area (Å²) in [6.45, 7) is 0.621. The van der Waals surface area contributed by atoms with Crippen LogP contribution in [0.2, 0.25) is 0 Å². The van der Waals surface area contributed by atoms with Crippen molar-refractivity contribution in [2.75, 3.05) is 6.54 Å². The zero-order chi connectivity index (χ0) is 12.7. The fourth-order valence-corrected chi connectivity index (χ4v) is 2.28. The molecule has 2 fully saturated rings. The molecule has 1 aliphatic carbocycles. The molecule has 18 heavy (non-hydrogen) atoms. The highest BCUT2D eigenvalue weighted by molar-refractivity contribution is 5.93. The highest BCUT2D eigenvalue weighted by Gasteiger charge is 2.39. The minimum absolute atomic E-state index is 0.104. The van der Waals surface area contributed by atoms with Gasteiger partial charge < -0.3 is 10.2 Å². The molecule has 1 saturated heterocycles. The van der Waals surface area contributed by atoms with Crippen LogP contribution in [0.25, 0.3) is 0 Å². The van der Waals surface area contributed by atoms with Crippen LogP contribution in [-0.2, 0) is 11.8 Å². The first kappa shape index (κ1) is 11.2. The van der Waals surface area contributed by atoms with Crippen LogP contribution in [0, 0.1) is 0 Å². The summed E-state index contributed by atoms with van der Waals surface area (Å²) in [4.78, 5) is 25.5. The Morgan fingerprint density at radius 3 is 2.89 bits per heavy atom. The molecule has 0 radical (unpaired) electrons. The average molecular weight is 249 g/mol. The van der Waals surface area contributed by atoms with Gasteiger partial charge in [0, 0.05) is 26.1 Å². The van der Waals surface area contributed by atoms with E-state index in [4.69, 9.17) is 0 Å². The lowest BCUT2D eigenvalue weighted by Gasteiger charge is -2.15. The summed E-state index contributed by atoms with van der Waals surface area (Å²) in [5, 5.41) is 10.3. The Hall–Kier alpha value is -1.92. The minimum atomic E-state index is -0.265. The Balaban J connectivity index is 1.60. The van der Waals surface area contributed by atoms with Crippen molar-refractivity contribution in [1.29, 1.82) is 0 Å². The third-order valence-electron chi connectivity index (χ3n) is 3.32. The molecule has 1 saturated carbocycles. The van der Waals surface area contributed by atoms with E-state index in [0.717, 1.165) is 12.8 Å². The second-order valence-corrected chi connectivity index (χ2v) is 4.93. The Kier molecular flexibility index (Phi) is 2.53. The normalized spacial score (nSPS) is 23.5. The highest BCUT2D eigenvalue weighted by atomic mass is 16.2. The number of carbonyl (C=O) groups excluding carboxylic acids is 2. The molecule has 2 heterocycles. The van der Waals surface area contributed by atoms with Gasteiger partial charge in [0.2, 0.25) is 5.91 Å². The van der Waals surface area contributed by atoms with E-state index in [0.29, 0.717) is 19.0 Å². The van der Waals surface area contributed by atoms with Gasteiger partial charge in [-0.05, 0) is 12.8 Å². The summed E-state index contributed by atoms with van der Waals surface area (Å²) in [6, 6.07) is 0.309. The van der Waals surface area contributed by atoms with Crippen molar-refractivity contribution in [3.63, 3.8) is 0 Å². The number of carbonyl (C=O) groups is 2. The van der Waals surface area contributed by atoms with Crippen molar-refractivity contribution in [2.24, 2.45) is 7.05 Å². The summed E-state index contributed by atoms with van der Waals surface area (Å²) >= 11 is 0. The van der Waals surface area contributed by atoms with Crippen molar-refractivity contribution in [3.8, 4) is 0 Å². The first-order chi connectivity index (χ1) is 8.63. The van der Waals surface area contributed by atoms with Gasteiger partial charge in [0.1, 0.15) is 0 Å². The summed E-state index contributed by atoms with van der Waals surface area (Å²) < 4.78 is 1.48. The molecule has 0 unspecified atom stereocenters. The van der Waals surface area contributed by atoms with Crippen LogP contribution in [0.3, 0.4) is 0 Å². The maximum Gasteiger partial charge on any atom is 0.273 e. The zero-order valence-corrected chi connectivity index (χ0v) is 10.2. The topological polar surface area (TPSA) is 80.1 Å². The number of likely N-dealkylation sites (tertiary alicyclic amines) is 1. The Morgan fingerprint density at radius 2 is 2.28 bits per heavy atom. The molecule has 1 aliphatic heterocycles. The summed E-state index contributed by atoms with van der Waals surface area (Å²) in [5.41, 5.74) is 0.287. The number of rotatable bonds is 3. The maximum absolute atomic E-state index is 11.9. The van der Waals surface area contributed by atoms with Crippen molar-refractivity contribution < 1.29 is 9.59 Å². The largest absolute Gasteiger partial charge is 0.346 e. The van der Waals surface area contributed by atoms with Gasteiger partial charge in [0.25, 0.3) is 5.91 Å². The molecule has 3 rings (SSSR count). The molecule has 1 aromatic rings. The predicted octanol–water partition coefficient (Wildman–Crippen LogP) is -0.692. The first-order valence-corrected chi connectivity index (χ1v) is 6.10. The smallest absolute Gasteiger partial charge is 0.273 e. The van der Waals surface area contributed by atoms with Gasteiger partial charge >= 0.3 is 0 Å². The minimum Gasteiger partial charge on any atom is -0.346 e. The van der Waals surface area contributed by atoms with Gasteiger partial charge in [0.05, 0.1) is 12.2 Å². The molecule has 7 nitrogen and oxygen atoms in total. The van der Waals surface area contributed by atoms with E-state index in [1.165, 1.54) is 4.68 Å². The summed E-state index contributed by atoms with van der Waals surface area (Å²) in [5.74, 6) is -0.125. The summed E-state index contributed by atoms with van der Waals surface area (Å²) in [6.07, 6.45) is 4.14. The number of hydrogen-bond donors (Lipinski definition) is 1. The van der Waals surface area contributed by atoms with E-state index >= 15 is 0 Å². The summed E-state index contributed by atoms with van der Waals surface area (Å²) in [7, 11) is 1.71. The van der Waals surface area contributed by atoms with Crippen molar-refractivity contribution >= 4 is 11.8 Å². The van der Waals surface area contributed by atoms with E-state index in [2.05, 4.69) is 15.6 Å². The Morgan fingerprint density at radius 1 is 1.50 bits per heavy atom. The van der Waals surface area contributed by atoms with Crippen molar-refractivity contribution in [3.05, 3.63) is 11.9 Å². The van der Waals surface area contributed by atoms with E-state index in [1.807, 2.05) is 4.90 Å². The van der Waals surface area contributed by atoms with Crippen LogP contribution < -0.4 is 5.32 Å². The number of aryl methyl sites for hydroxylation is 1. The number of nitrogens with one attached hydrogen (secondary N) is 1. The van der Waals surface area contributed by atoms with E-state index in [1.54, 1.807) is 13.2 Å². The molecular weight excluding hydrogens is 234 g/mol. The molecule has 2 amide bonds. The SMILES string of the molecule is Cn1cc(C(=O)N[C@H]2CC(=O)N(C3CC3)C2)nn1. The second kappa shape index (κ2) is 4.08. The monoisotopic (exact) mass is 249 g/mol. The fourth-order valence-electron chi connectivity index (χ4n) is 2.28. The van der Waals surface area contributed by atoms with Crippen LogP contribution in [-0.4, -0.2) is 50.3 Å². The van der Waals surface area contributed by atoms with E-state index in [9.17, 15) is 9.59 Å². The molecular formula is C11H15N5O2. The third kappa shape index (κ3) is 2.07. The number of amides is 2. The van der Waals surface area contributed by atoms with Gasteiger partial charge in [-0.3, -0.25) is 14.3 Å². The van der Waals surface area contributed by atoms with Gasteiger partial charge in [-0.2, -0.15) is 0 Å².